The first kappa shape index (κ1) is 14.5. The van der Waals surface area contributed by atoms with E-state index in [2.05, 4.69) is 17.4 Å². The Bertz CT molecular complexity index is 644. The lowest BCUT2D eigenvalue weighted by molar-refractivity contribution is 0.471. The van der Waals surface area contributed by atoms with Gasteiger partial charge in [-0.3, -0.25) is 0 Å². The molecule has 1 aliphatic heterocycles. The molecule has 2 unspecified atom stereocenters. The highest BCUT2D eigenvalue weighted by atomic mass is 32.2. The van der Waals surface area contributed by atoms with E-state index in [-0.39, 0.29) is 12.1 Å². The fourth-order valence-corrected chi connectivity index (χ4v) is 3.88. The van der Waals surface area contributed by atoms with Crippen LogP contribution in [0, 0.1) is 11.6 Å². The first-order valence-electron chi connectivity index (χ1n) is 7.01. The molecule has 1 N–H and O–H groups in total. The van der Waals surface area contributed by atoms with Gasteiger partial charge in [0.05, 0.1) is 0 Å². The van der Waals surface area contributed by atoms with Gasteiger partial charge in [-0.05, 0) is 24.1 Å². The number of hydrogen-bond acceptors (Lipinski definition) is 2. The van der Waals surface area contributed by atoms with Crippen molar-refractivity contribution in [2.45, 2.75) is 24.8 Å². The van der Waals surface area contributed by atoms with E-state index in [1.807, 2.05) is 30.8 Å². The number of thioether (sulfide) groups is 1. The Morgan fingerprint density at radius 2 is 2.00 bits per heavy atom. The van der Waals surface area contributed by atoms with E-state index in [0.29, 0.717) is 5.56 Å². The highest BCUT2D eigenvalue weighted by molar-refractivity contribution is 7.98. The summed E-state index contributed by atoms with van der Waals surface area (Å²) in [5.74, 6) is 0.950. The molecule has 21 heavy (non-hydrogen) atoms. The van der Waals surface area contributed by atoms with Crippen LogP contribution in [0.5, 0.6) is 0 Å². The van der Waals surface area contributed by atoms with Gasteiger partial charge in [-0.25, -0.2) is 8.78 Å². The van der Waals surface area contributed by atoms with Crippen molar-refractivity contribution in [2.75, 3.05) is 5.75 Å². The van der Waals surface area contributed by atoms with Gasteiger partial charge in [0.1, 0.15) is 11.6 Å². The minimum absolute atomic E-state index is 0.164. The zero-order valence-corrected chi connectivity index (χ0v) is 12.6. The molecule has 2 aromatic carbocycles. The van der Waals surface area contributed by atoms with Crippen molar-refractivity contribution in [2.24, 2.45) is 0 Å². The molecule has 0 bridgehead atoms. The van der Waals surface area contributed by atoms with E-state index in [9.17, 15) is 8.78 Å². The molecule has 0 radical (unpaired) electrons. The number of rotatable bonds is 3. The molecule has 0 aromatic heterocycles. The molecule has 110 valence electrons. The number of hydrogen-bond donors (Lipinski definition) is 1. The average Bonchev–Trinajstić information content (AvgIpc) is 2.47. The molecule has 4 heteroatoms. The van der Waals surface area contributed by atoms with Crippen molar-refractivity contribution in [1.29, 1.82) is 0 Å². The van der Waals surface area contributed by atoms with Crippen LogP contribution in [0.1, 0.15) is 35.7 Å². The van der Waals surface area contributed by atoms with Crippen molar-refractivity contribution >= 4 is 11.8 Å². The molecule has 1 heterocycles. The number of benzene rings is 2. The van der Waals surface area contributed by atoms with Crippen LogP contribution in [0.25, 0.3) is 0 Å². The molecule has 0 fully saturated rings. The van der Waals surface area contributed by atoms with Crippen LogP contribution in [-0.2, 0) is 5.75 Å². The Balaban J connectivity index is 1.81. The van der Waals surface area contributed by atoms with Crippen LogP contribution in [0.3, 0.4) is 0 Å². The molecule has 2 atom stereocenters. The lowest BCUT2D eigenvalue weighted by Gasteiger charge is -2.29. The maximum Gasteiger partial charge on any atom is 0.130 e. The predicted molar refractivity (Wildman–Crippen MR) is 83.3 cm³/mol. The van der Waals surface area contributed by atoms with E-state index in [1.54, 1.807) is 0 Å². The van der Waals surface area contributed by atoms with Crippen molar-refractivity contribution in [3.63, 3.8) is 0 Å². The normalized spacial score (nSPS) is 19.1. The van der Waals surface area contributed by atoms with Crippen molar-refractivity contribution in [1.82, 2.24) is 5.32 Å². The lowest BCUT2D eigenvalue weighted by Crippen LogP contribution is -2.29. The Kier molecular flexibility index (Phi) is 4.27. The summed E-state index contributed by atoms with van der Waals surface area (Å²) in [5.41, 5.74) is 3.12. The second kappa shape index (κ2) is 6.16. The lowest BCUT2D eigenvalue weighted by atomic mass is 9.99. The van der Waals surface area contributed by atoms with Gasteiger partial charge in [0.2, 0.25) is 0 Å². The Morgan fingerprint density at radius 1 is 1.19 bits per heavy atom. The molecule has 0 saturated heterocycles. The summed E-state index contributed by atoms with van der Waals surface area (Å²) in [6.07, 6.45) is 0. The standard InChI is InChI=1S/C17H17F2NS/c1-11(14-7-6-13(18)8-16(14)19)20-17-10-21-9-12-4-2-3-5-15(12)17/h2-8,11,17,20H,9-10H2,1H3. The van der Waals surface area contributed by atoms with Crippen LogP contribution in [0.4, 0.5) is 8.78 Å². The molecular formula is C17H17F2NS. The van der Waals surface area contributed by atoms with Gasteiger partial charge >= 0.3 is 0 Å². The highest BCUT2D eigenvalue weighted by Gasteiger charge is 2.23. The molecule has 0 amide bonds. The zero-order chi connectivity index (χ0) is 14.8. The fourth-order valence-electron chi connectivity index (χ4n) is 2.76. The molecule has 0 spiro atoms. The summed E-state index contributed by atoms with van der Waals surface area (Å²) in [4.78, 5) is 0. The van der Waals surface area contributed by atoms with Gasteiger partial charge in [-0.2, -0.15) is 11.8 Å². The summed E-state index contributed by atoms with van der Waals surface area (Å²) in [7, 11) is 0. The van der Waals surface area contributed by atoms with Gasteiger partial charge in [-0.1, -0.05) is 30.3 Å². The van der Waals surface area contributed by atoms with Crippen LogP contribution in [-0.4, -0.2) is 5.75 Å². The van der Waals surface area contributed by atoms with Crippen molar-refractivity contribution in [3.8, 4) is 0 Å². The van der Waals surface area contributed by atoms with E-state index in [1.165, 1.54) is 23.3 Å². The van der Waals surface area contributed by atoms with Gasteiger partial charge in [0.15, 0.2) is 0 Å². The third kappa shape index (κ3) is 3.11. The molecule has 2 aromatic rings. The van der Waals surface area contributed by atoms with E-state index in [0.717, 1.165) is 17.6 Å². The van der Waals surface area contributed by atoms with Gasteiger partial charge < -0.3 is 5.32 Å². The molecule has 1 aliphatic rings. The Hall–Kier alpha value is -1.39. The summed E-state index contributed by atoms with van der Waals surface area (Å²) in [6.45, 7) is 1.91. The number of fused-ring (bicyclic) bond motifs is 1. The van der Waals surface area contributed by atoms with Gasteiger partial charge in [0.25, 0.3) is 0 Å². The molecule has 3 rings (SSSR count). The first-order valence-corrected chi connectivity index (χ1v) is 8.17. The van der Waals surface area contributed by atoms with E-state index in [4.69, 9.17) is 0 Å². The molecule has 0 aliphatic carbocycles. The quantitative estimate of drug-likeness (QED) is 0.889. The highest BCUT2D eigenvalue weighted by Crippen LogP contribution is 2.33. The van der Waals surface area contributed by atoms with Crippen molar-refractivity contribution < 1.29 is 8.78 Å². The number of halogens is 2. The largest absolute Gasteiger partial charge is 0.302 e. The SMILES string of the molecule is CC(NC1CSCc2ccccc21)c1ccc(F)cc1F. The predicted octanol–water partition coefficient (Wildman–Crippen LogP) is 4.60. The minimum Gasteiger partial charge on any atom is -0.302 e. The second-order valence-corrected chi connectivity index (χ2v) is 6.35. The van der Waals surface area contributed by atoms with Crippen LogP contribution in [0.2, 0.25) is 0 Å². The maximum absolute atomic E-state index is 13.9. The first-order chi connectivity index (χ1) is 10.1. The summed E-state index contributed by atoms with van der Waals surface area (Å²) in [5, 5.41) is 3.47. The van der Waals surface area contributed by atoms with Crippen LogP contribution in [0.15, 0.2) is 42.5 Å². The average molecular weight is 305 g/mol. The minimum atomic E-state index is -0.540. The van der Waals surface area contributed by atoms with Crippen LogP contribution >= 0.6 is 11.8 Å². The topological polar surface area (TPSA) is 12.0 Å². The maximum atomic E-state index is 13.9. The van der Waals surface area contributed by atoms with Gasteiger partial charge in [0, 0.05) is 35.2 Å². The molecule has 1 nitrogen and oxygen atoms in total. The van der Waals surface area contributed by atoms with Gasteiger partial charge in [-0.15, -0.1) is 0 Å². The number of nitrogens with one attached hydrogen (secondary N) is 1. The van der Waals surface area contributed by atoms with E-state index >= 15 is 0 Å². The Labute approximate surface area is 127 Å². The van der Waals surface area contributed by atoms with E-state index < -0.39 is 11.6 Å². The zero-order valence-electron chi connectivity index (χ0n) is 11.8. The summed E-state index contributed by atoms with van der Waals surface area (Å²) < 4.78 is 26.9. The van der Waals surface area contributed by atoms with Crippen molar-refractivity contribution in [3.05, 3.63) is 70.8 Å². The second-order valence-electron chi connectivity index (χ2n) is 5.32. The summed E-state index contributed by atoms with van der Waals surface area (Å²) in [6, 6.07) is 12.1. The molecular weight excluding hydrogens is 288 g/mol. The fraction of sp³-hybridized carbons (Fsp3) is 0.294. The smallest absolute Gasteiger partial charge is 0.130 e. The third-order valence-electron chi connectivity index (χ3n) is 3.85. The van der Waals surface area contributed by atoms with Crippen LogP contribution < -0.4 is 5.32 Å². The molecule has 0 saturated carbocycles. The third-order valence-corrected chi connectivity index (χ3v) is 4.94. The Morgan fingerprint density at radius 3 is 2.81 bits per heavy atom. The monoisotopic (exact) mass is 305 g/mol. The summed E-state index contributed by atoms with van der Waals surface area (Å²) >= 11 is 1.87.